The molecule has 0 radical (unpaired) electrons. The summed E-state index contributed by atoms with van der Waals surface area (Å²) in [6.07, 6.45) is 2.52. The molecule has 6 nitrogen and oxygen atoms in total. The summed E-state index contributed by atoms with van der Waals surface area (Å²) in [4.78, 5) is 25.8. The van der Waals surface area contributed by atoms with Crippen molar-refractivity contribution in [3.63, 3.8) is 0 Å². The summed E-state index contributed by atoms with van der Waals surface area (Å²) in [7, 11) is -2.03. The molecule has 1 aromatic carbocycles. The van der Waals surface area contributed by atoms with Crippen molar-refractivity contribution in [2.24, 2.45) is 5.92 Å². The molecule has 1 aliphatic heterocycles. The average Bonchev–Trinajstić information content (AvgIpc) is 2.53. The molecule has 1 amide bonds. The highest BCUT2D eigenvalue weighted by atomic mass is 32.2. The smallest absolute Gasteiger partial charge is 0.310 e. The number of amides is 1. The first kappa shape index (κ1) is 16.5. The molecule has 7 heteroatoms. The van der Waals surface area contributed by atoms with Gasteiger partial charge in [0.05, 0.1) is 17.9 Å². The van der Waals surface area contributed by atoms with Gasteiger partial charge in [0.1, 0.15) is 0 Å². The van der Waals surface area contributed by atoms with Gasteiger partial charge in [-0.3, -0.25) is 9.59 Å². The number of hydrogen-bond donors (Lipinski definition) is 0. The number of carbonyl (C=O) groups is 2. The van der Waals surface area contributed by atoms with Crippen LogP contribution in [0.3, 0.4) is 0 Å². The molecule has 1 fully saturated rings. The Bertz CT molecular complexity index is 683. The summed E-state index contributed by atoms with van der Waals surface area (Å²) in [5.41, 5.74) is 0.313. The second-order valence-electron chi connectivity index (χ2n) is 5.41. The van der Waals surface area contributed by atoms with Crippen molar-refractivity contribution >= 4 is 21.7 Å². The van der Waals surface area contributed by atoms with Crippen molar-refractivity contribution in [3.05, 3.63) is 29.8 Å². The molecule has 0 spiro atoms. The lowest BCUT2D eigenvalue weighted by Gasteiger charge is -2.31. The molecule has 1 aliphatic rings. The largest absolute Gasteiger partial charge is 0.469 e. The predicted octanol–water partition coefficient (Wildman–Crippen LogP) is 1.12. The first-order valence-electron chi connectivity index (χ1n) is 7.00. The van der Waals surface area contributed by atoms with Crippen LogP contribution >= 0.6 is 0 Å². The molecular weight excluding hydrogens is 306 g/mol. The van der Waals surface area contributed by atoms with Crippen molar-refractivity contribution in [2.75, 3.05) is 26.5 Å². The van der Waals surface area contributed by atoms with Crippen LogP contribution in [0.1, 0.15) is 23.2 Å². The molecule has 1 atom stereocenters. The van der Waals surface area contributed by atoms with Crippen LogP contribution in [0.2, 0.25) is 0 Å². The summed E-state index contributed by atoms with van der Waals surface area (Å²) in [6, 6.07) is 5.96. The highest BCUT2D eigenvalue weighted by molar-refractivity contribution is 7.90. The van der Waals surface area contributed by atoms with Crippen molar-refractivity contribution < 1.29 is 22.7 Å². The van der Waals surface area contributed by atoms with E-state index in [1.807, 2.05) is 0 Å². The molecule has 1 heterocycles. The number of sulfone groups is 1. The topological polar surface area (TPSA) is 80.8 Å². The Kier molecular flexibility index (Phi) is 4.85. The van der Waals surface area contributed by atoms with Gasteiger partial charge in [-0.25, -0.2) is 8.42 Å². The Morgan fingerprint density at radius 2 is 2.05 bits per heavy atom. The van der Waals surface area contributed by atoms with Crippen molar-refractivity contribution in [1.29, 1.82) is 0 Å². The van der Waals surface area contributed by atoms with Gasteiger partial charge in [-0.1, -0.05) is 6.07 Å². The third-order valence-electron chi connectivity index (χ3n) is 3.75. The summed E-state index contributed by atoms with van der Waals surface area (Å²) in [6.45, 7) is 0.851. The highest BCUT2D eigenvalue weighted by Gasteiger charge is 2.29. The molecule has 2 rings (SSSR count). The third kappa shape index (κ3) is 3.65. The number of benzene rings is 1. The Labute approximate surface area is 130 Å². The predicted molar refractivity (Wildman–Crippen MR) is 80.2 cm³/mol. The number of nitrogens with zero attached hydrogens (tertiary/aromatic N) is 1. The van der Waals surface area contributed by atoms with Gasteiger partial charge in [0.25, 0.3) is 5.91 Å². The van der Waals surface area contributed by atoms with Crippen LogP contribution in [0.5, 0.6) is 0 Å². The van der Waals surface area contributed by atoms with Crippen LogP contribution < -0.4 is 0 Å². The molecule has 0 aliphatic carbocycles. The van der Waals surface area contributed by atoms with Crippen molar-refractivity contribution in [3.8, 4) is 0 Å². The van der Waals surface area contributed by atoms with Crippen LogP contribution in [0.25, 0.3) is 0 Å². The van der Waals surface area contributed by atoms with E-state index in [2.05, 4.69) is 0 Å². The number of rotatable bonds is 3. The standard InChI is InChI=1S/C15H19NO5S/c1-21-15(18)12-6-4-8-16(10-12)14(17)11-5-3-7-13(9-11)22(2,19)20/h3,5,7,9,12H,4,6,8,10H2,1-2H3/t12-/m1/s1. The number of carbonyl (C=O) groups excluding carboxylic acids is 2. The van der Waals surface area contributed by atoms with Gasteiger partial charge in [-0.15, -0.1) is 0 Å². The maximum Gasteiger partial charge on any atom is 0.310 e. The number of hydrogen-bond acceptors (Lipinski definition) is 5. The monoisotopic (exact) mass is 325 g/mol. The maximum absolute atomic E-state index is 12.5. The van der Waals surface area contributed by atoms with E-state index in [1.54, 1.807) is 17.0 Å². The molecule has 120 valence electrons. The quantitative estimate of drug-likeness (QED) is 0.778. The lowest BCUT2D eigenvalue weighted by atomic mass is 9.97. The molecule has 0 unspecified atom stereocenters. The Hall–Kier alpha value is -1.89. The van der Waals surface area contributed by atoms with Crippen LogP contribution in [0, 0.1) is 5.92 Å². The zero-order chi connectivity index (χ0) is 16.3. The summed E-state index contributed by atoms with van der Waals surface area (Å²) < 4.78 is 27.9. The van der Waals surface area contributed by atoms with Gasteiger partial charge in [-0.2, -0.15) is 0 Å². The summed E-state index contributed by atoms with van der Waals surface area (Å²) in [5.74, 6) is -0.901. The molecule has 0 saturated carbocycles. The fraction of sp³-hybridized carbons (Fsp3) is 0.467. The average molecular weight is 325 g/mol. The normalized spacial score (nSPS) is 18.8. The minimum Gasteiger partial charge on any atom is -0.469 e. The molecule has 0 bridgehead atoms. The van der Waals surface area contributed by atoms with Gasteiger partial charge in [-0.05, 0) is 31.0 Å². The van der Waals surface area contributed by atoms with E-state index in [9.17, 15) is 18.0 Å². The minimum atomic E-state index is -3.36. The van der Waals surface area contributed by atoms with Gasteiger partial charge in [0, 0.05) is 24.9 Å². The molecule has 0 aromatic heterocycles. The van der Waals surface area contributed by atoms with Crippen molar-refractivity contribution in [2.45, 2.75) is 17.7 Å². The van der Waals surface area contributed by atoms with Crippen LogP contribution in [0.4, 0.5) is 0 Å². The second kappa shape index (κ2) is 6.48. The van der Waals surface area contributed by atoms with E-state index >= 15 is 0 Å². The molecule has 1 aromatic rings. The van der Waals surface area contributed by atoms with E-state index in [-0.39, 0.29) is 22.7 Å². The summed E-state index contributed by atoms with van der Waals surface area (Å²) in [5, 5.41) is 0. The highest BCUT2D eigenvalue weighted by Crippen LogP contribution is 2.20. The van der Waals surface area contributed by atoms with Gasteiger partial charge in [0.2, 0.25) is 0 Å². The number of ether oxygens (including phenoxy) is 1. The molecule has 1 saturated heterocycles. The van der Waals surface area contributed by atoms with Gasteiger partial charge < -0.3 is 9.64 Å². The first-order chi connectivity index (χ1) is 10.3. The zero-order valence-corrected chi connectivity index (χ0v) is 13.4. The number of methoxy groups -OCH3 is 1. The second-order valence-corrected chi connectivity index (χ2v) is 7.43. The number of likely N-dealkylation sites (tertiary alicyclic amines) is 1. The van der Waals surface area contributed by atoms with Gasteiger partial charge in [0.15, 0.2) is 9.84 Å². The third-order valence-corrected chi connectivity index (χ3v) is 4.86. The summed E-state index contributed by atoms with van der Waals surface area (Å²) >= 11 is 0. The fourth-order valence-corrected chi connectivity index (χ4v) is 3.23. The molecule has 22 heavy (non-hydrogen) atoms. The Balaban J connectivity index is 2.19. The van der Waals surface area contributed by atoms with Crippen LogP contribution in [0.15, 0.2) is 29.2 Å². The van der Waals surface area contributed by atoms with Crippen molar-refractivity contribution in [1.82, 2.24) is 4.90 Å². The minimum absolute atomic E-state index is 0.111. The van der Waals surface area contributed by atoms with E-state index in [4.69, 9.17) is 4.74 Å². The van der Waals surface area contributed by atoms with Crippen LogP contribution in [-0.4, -0.2) is 51.6 Å². The first-order valence-corrected chi connectivity index (χ1v) is 8.89. The SMILES string of the molecule is COC(=O)[C@@H]1CCCN(C(=O)c2cccc(S(C)(=O)=O)c2)C1. The molecule has 0 N–H and O–H groups in total. The van der Waals surface area contributed by atoms with E-state index in [0.29, 0.717) is 25.1 Å². The van der Waals surface area contributed by atoms with E-state index in [0.717, 1.165) is 12.7 Å². The fourth-order valence-electron chi connectivity index (χ4n) is 2.56. The Morgan fingerprint density at radius 1 is 1.32 bits per heavy atom. The zero-order valence-electron chi connectivity index (χ0n) is 12.6. The van der Waals surface area contributed by atoms with Gasteiger partial charge >= 0.3 is 5.97 Å². The number of piperidine rings is 1. The molecular formula is C15H19NO5S. The number of esters is 1. The lowest BCUT2D eigenvalue weighted by Crippen LogP contribution is -2.42. The van der Waals surface area contributed by atoms with E-state index in [1.165, 1.54) is 19.2 Å². The van der Waals surface area contributed by atoms with Crippen LogP contribution in [-0.2, 0) is 19.4 Å². The Morgan fingerprint density at radius 3 is 2.68 bits per heavy atom. The van der Waals surface area contributed by atoms with E-state index < -0.39 is 9.84 Å². The maximum atomic E-state index is 12.5. The lowest BCUT2D eigenvalue weighted by molar-refractivity contribution is -0.146.